The fraction of sp³-hybridized carbons (Fsp3) is 0.727. The predicted octanol–water partition coefficient (Wildman–Crippen LogP) is 2.10. The molecular formula is C11H18N2OS. The van der Waals surface area contributed by atoms with Crippen LogP contribution in [0.25, 0.3) is 0 Å². The van der Waals surface area contributed by atoms with Crippen molar-refractivity contribution >= 4 is 11.3 Å². The fourth-order valence-electron chi connectivity index (χ4n) is 2.16. The van der Waals surface area contributed by atoms with Crippen LogP contribution in [-0.2, 0) is 0 Å². The first-order valence-corrected chi connectivity index (χ1v) is 6.52. The molecule has 1 fully saturated rings. The number of hydrogen-bond donors (Lipinski definition) is 2. The molecule has 0 bridgehead atoms. The van der Waals surface area contributed by atoms with Gasteiger partial charge in [0.15, 0.2) is 0 Å². The van der Waals surface area contributed by atoms with Crippen LogP contribution in [0.1, 0.15) is 43.7 Å². The molecule has 1 saturated carbocycles. The first-order valence-electron chi connectivity index (χ1n) is 5.64. The molecule has 0 saturated heterocycles. The Kier molecular flexibility index (Phi) is 3.72. The van der Waals surface area contributed by atoms with Gasteiger partial charge in [-0.1, -0.05) is 6.92 Å². The van der Waals surface area contributed by atoms with Crippen LogP contribution in [0.2, 0.25) is 0 Å². The predicted molar refractivity (Wildman–Crippen MR) is 61.9 cm³/mol. The number of nitrogens with zero attached hydrogens (tertiary/aromatic N) is 1. The topological polar surface area (TPSA) is 45.1 Å². The number of nitrogens with one attached hydrogen (secondary N) is 1. The number of aliphatic hydroxyl groups is 1. The Labute approximate surface area is 94.5 Å². The molecule has 3 atom stereocenters. The molecule has 1 aromatic heterocycles. The lowest BCUT2D eigenvalue weighted by atomic mass is 10.1. The van der Waals surface area contributed by atoms with Gasteiger partial charge in [-0.25, -0.2) is 4.98 Å². The van der Waals surface area contributed by atoms with Gasteiger partial charge >= 0.3 is 0 Å². The molecule has 4 heteroatoms. The molecule has 84 valence electrons. The standard InChI is InChI=1S/C11H18N2OS/c1-2-8(11-12-6-7-15-11)13-9-4-3-5-10(9)14/h6-10,13-14H,2-5H2,1H3/t8?,9-,10-/m1/s1. The van der Waals surface area contributed by atoms with Gasteiger partial charge in [0, 0.05) is 17.6 Å². The molecule has 1 aliphatic carbocycles. The van der Waals surface area contributed by atoms with Crippen molar-refractivity contribution in [2.75, 3.05) is 0 Å². The van der Waals surface area contributed by atoms with Crippen LogP contribution in [0.4, 0.5) is 0 Å². The Bertz CT molecular complexity index is 289. The summed E-state index contributed by atoms with van der Waals surface area (Å²) in [7, 11) is 0. The Balaban J connectivity index is 1.96. The summed E-state index contributed by atoms with van der Waals surface area (Å²) in [5, 5.41) is 16.4. The number of aliphatic hydroxyl groups excluding tert-OH is 1. The van der Waals surface area contributed by atoms with Gasteiger partial charge in [-0.2, -0.15) is 0 Å². The highest BCUT2D eigenvalue weighted by Gasteiger charge is 2.27. The molecule has 0 radical (unpaired) electrons. The number of rotatable bonds is 4. The summed E-state index contributed by atoms with van der Waals surface area (Å²) in [5.41, 5.74) is 0. The zero-order chi connectivity index (χ0) is 10.7. The third kappa shape index (κ3) is 2.56. The van der Waals surface area contributed by atoms with Gasteiger partial charge in [-0.05, 0) is 25.7 Å². The zero-order valence-electron chi connectivity index (χ0n) is 9.02. The fourth-order valence-corrected chi connectivity index (χ4v) is 2.95. The highest BCUT2D eigenvalue weighted by atomic mass is 32.1. The van der Waals surface area contributed by atoms with E-state index in [9.17, 15) is 5.11 Å². The van der Waals surface area contributed by atoms with E-state index in [1.807, 2.05) is 11.6 Å². The maximum absolute atomic E-state index is 9.75. The SMILES string of the molecule is CCC(N[C@@H]1CCC[C@H]1O)c1nccs1. The second-order valence-electron chi connectivity index (χ2n) is 4.10. The Morgan fingerprint density at radius 2 is 2.53 bits per heavy atom. The van der Waals surface area contributed by atoms with Crippen LogP contribution in [0.3, 0.4) is 0 Å². The average molecular weight is 226 g/mol. The van der Waals surface area contributed by atoms with Gasteiger partial charge in [0.05, 0.1) is 12.1 Å². The molecule has 3 nitrogen and oxygen atoms in total. The monoisotopic (exact) mass is 226 g/mol. The van der Waals surface area contributed by atoms with Crippen LogP contribution < -0.4 is 5.32 Å². The lowest BCUT2D eigenvalue weighted by molar-refractivity contribution is 0.142. The molecule has 1 aliphatic rings. The molecule has 2 rings (SSSR count). The maximum atomic E-state index is 9.75. The second-order valence-corrected chi connectivity index (χ2v) is 5.03. The van der Waals surface area contributed by atoms with E-state index in [-0.39, 0.29) is 12.1 Å². The van der Waals surface area contributed by atoms with Gasteiger partial charge < -0.3 is 10.4 Å². The summed E-state index contributed by atoms with van der Waals surface area (Å²) >= 11 is 1.68. The first-order chi connectivity index (χ1) is 7.31. The van der Waals surface area contributed by atoms with E-state index >= 15 is 0 Å². The largest absolute Gasteiger partial charge is 0.392 e. The maximum Gasteiger partial charge on any atom is 0.109 e. The van der Waals surface area contributed by atoms with E-state index in [4.69, 9.17) is 0 Å². The quantitative estimate of drug-likeness (QED) is 0.826. The van der Waals surface area contributed by atoms with E-state index in [1.165, 1.54) is 0 Å². The summed E-state index contributed by atoms with van der Waals surface area (Å²) in [6, 6.07) is 0.571. The Hall–Kier alpha value is -0.450. The summed E-state index contributed by atoms with van der Waals surface area (Å²) in [6.45, 7) is 2.15. The molecule has 0 aliphatic heterocycles. The van der Waals surface area contributed by atoms with Crippen molar-refractivity contribution in [3.05, 3.63) is 16.6 Å². The van der Waals surface area contributed by atoms with E-state index < -0.39 is 0 Å². The third-order valence-corrected chi connectivity index (χ3v) is 3.94. The van der Waals surface area contributed by atoms with E-state index in [1.54, 1.807) is 11.3 Å². The van der Waals surface area contributed by atoms with Crippen LogP contribution in [0.15, 0.2) is 11.6 Å². The lowest BCUT2D eigenvalue weighted by Crippen LogP contribution is -2.38. The number of hydrogen-bond acceptors (Lipinski definition) is 4. The molecular weight excluding hydrogens is 208 g/mol. The van der Waals surface area contributed by atoms with Crippen molar-refractivity contribution in [1.82, 2.24) is 10.3 Å². The van der Waals surface area contributed by atoms with Crippen molar-refractivity contribution in [2.45, 2.75) is 50.8 Å². The van der Waals surface area contributed by atoms with Crippen LogP contribution in [0.5, 0.6) is 0 Å². The van der Waals surface area contributed by atoms with Crippen molar-refractivity contribution in [2.24, 2.45) is 0 Å². The van der Waals surface area contributed by atoms with Gasteiger partial charge in [0.2, 0.25) is 0 Å². The first kappa shape index (κ1) is 11.0. The minimum absolute atomic E-state index is 0.168. The summed E-state index contributed by atoms with van der Waals surface area (Å²) < 4.78 is 0. The van der Waals surface area contributed by atoms with Gasteiger partial charge in [-0.15, -0.1) is 11.3 Å². The highest BCUT2D eigenvalue weighted by Crippen LogP contribution is 2.25. The molecule has 0 amide bonds. The van der Waals surface area contributed by atoms with Crippen molar-refractivity contribution in [1.29, 1.82) is 0 Å². The minimum Gasteiger partial charge on any atom is -0.392 e. The van der Waals surface area contributed by atoms with E-state index in [0.717, 1.165) is 30.7 Å². The van der Waals surface area contributed by atoms with Crippen molar-refractivity contribution in [3.63, 3.8) is 0 Å². The minimum atomic E-state index is -0.168. The van der Waals surface area contributed by atoms with Gasteiger partial charge in [0.1, 0.15) is 5.01 Å². The molecule has 15 heavy (non-hydrogen) atoms. The van der Waals surface area contributed by atoms with Gasteiger partial charge in [0.25, 0.3) is 0 Å². The second kappa shape index (κ2) is 5.05. The molecule has 2 N–H and O–H groups in total. The van der Waals surface area contributed by atoms with E-state index in [0.29, 0.717) is 6.04 Å². The number of thiazole rings is 1. The van der Waals surface area contributed by atoms with Crippen LogP contribution in [0, 0.1) is 0 Å². The van der Waals surface area contributed by atoms with Crippen LogP contribution >= 0.6 is 11.3 Å². The average Bonchev–Trinajstić information content (AvgIpc) is 2.86. The molecule has 1 heterocycles. The Morgan fingerprint density at radius 3 is 3.07 bits per heavy atom. The summed E-state index contributed by atoms with van der Waals surface area (Å²) in [6.07, 6.45) is 5.85. The number of aromatic nitrogens is 1. The van der Waals surface area contributed by atoms with Crippen molar-refractivity contribution in [3.8, 4) is 0 Å². The molecule has 0 aromatic carbocycles. The Morgan fingerprint density at radius 1 is 1.67 bits per heavy atom. The van der Waals surface area contributed by atoms with Crippen LogP contribution in [-0.4, -0.2) is 22.2 Å². The summed E-state index contributed by atoms with van der Waals surface area (Å²) in [4.78, 5) is 4.33. The highest BCUT2D eigenvalue weighted by molar-refractivity contribution is 7.09. The molecule has 1 aromatic rings. The molecule has 1 unspecified atom stereocenters. The zero-order valence-corrected chi connectivity index (χ0v) is 9.83. The van der Waals surface area contributed by atoms with Crippen molar-refractivity contribution < 1.29 is 5.11 Å². The third-order valence-electron chi connectivity index (χ3n) is 3.05. The normalized spacial score (nSPS) is 28.1. The van der Waals surface area contributed by atoms with E-state index in [2.05, 4.69) is 17.2 Å². The summed E-state index contributed by atoms with van der Waals surface area (Å²) in [5.74, 6) is 0. The molecule has 0 spiro atoms. The smallest absolute Gasteiger partial charge is 0.109 e. The lowest BCUT2D eigenvalue weighted by Gasteiger charge is -2.22. The van der Waals surface area contributed by atoms with Gasteiger partial charge in [-0.3, -0.25) is 0 Å².